The zero-order valence-corrected chi connectivity index (χ0v) is 11.5. The highest BCUT2D eigenvalue weighted by atomic mass is 35.5. The van der Waals surface area contributed by atoms with E-state index in [4.69, 9.17) is 22.5 Å². The third-order valence-corrected chi connectivity index (χ3v) is 3.05. The molecule has 1 rings (SSSR count). The molecule has 9 heteroatoms. The fraction of sp³-hybridized carbons (Fsp3) is 0.200. The first kappa shape index (κ1) is 15.3. The number of hydrogen-bond acceptors (Lipinski definition) is 5. The maximum Gasteiger partial charge on any atom is 0.239 e. The number of nitrogens with two attached hydrogens (primary N) is 1. The second-order valence-electron chi connectivity index (χ2n) is 3.79. The lowest BCUT2D eigenvalue weighted by molar-refractivity contribution is -0.113. The van der Waals surface area contributed by atoms with Crippen molar-refractivity contribution in [3.63, 3.8) is 0 Å². The molecular weight excluding hydrogens is 294 g/mol. The molecule has 0 spiro atoms. The number of oxime groups is 1. The van der Waals surface area contributed by atoms with Crippen molar-refractivity contribution >= 4 is 38.9 Å². The van der Waals surface area contributed by atoms with Crippen LogP contribution < -0.4 is 11.1 Å². The van der Waals surface area contributed by atoms with Crippen molar-refractivity contribution in [1.82, 2.24) is 0 Å². The summed E-state index contributed by atoms with van der Waals surface area (Å²) < 4.78 is 22.0. The van der Waals surface area contributed by atoms with Gasteiger partial charge in [0.25, 0.3) is 0 Å². The molecule has 0 aliphatic heterocycles. The molecule has 0 saturated carbocycles. The molecule has 0 aliphatic rings. The van der Waals surface area contributed by atoms with E-state index in [0.29, 0.717) is 5.02 Å². The SMILES string of the molecule is CS(=O)(=O)CC(=O)Nc1cc(Cl)ccc1C(N)=NO. The summed E-state index contributed by atoms with van der Waals surface area (Å²) in [6, 6.07) is 4.30. The zero-order chi connectivity index (χ0) is 14.6. The van der Waals surface area contributed by atoms with E-state index >= 15 is 0 Å². The lowest BCUT2D eigenvalue weighted by atomic mass is 10.1. The monoisotopic (exact) mass is 305 g/mol. The molecule has 0 bridgehead atoms. The Morgan fingerprint density at radius 2 is 2.16 bits per heavy atom. The zero-order valence-electron chi connectivity index (χ0n) is 9.92. The number of carbonyl (C=O) groups is 1. The van der Waals surface area contributed by atoms with E-state index in [2.05, 4.69) is 10.5 Å². The number of hydrogen-bond donors (Lipinski definition) is 3. The van der Waals surface area contributed by atoms with E-state index in [1.54, 1.807) is 0 Å². The van der Waals surface area contributed by atoms with Crippen LogP contribution in [0.15, 0.2) is 23.4 Å². The standard InChI is InChI=1S/C10H12ClN3O4S/c1-19(17,18)5-9(15)13-8-4-6(11)2-3-7(8)10(12)14-16/h2-4,16H,5H2,1H3,(H2,12,14)(H,13,15). The maximum absolute atomic E-state index is 11.5. The lowest BCUT2D eigenvalue weighted by Crippen LogP contribution is -2.24. The van der Waals surface area contributed by atoms with Gasteiger partial charge in [0.2, 0.25) is 5.91 Å². The molecular formula is C10H12ClN3O4S. The quantitative estimate of drug-likeness (QED) is 0.322. The van der Waals surface area contributed by atoms with Crippen molar-refractivity contribution in [2.45, 2.75) is 0 Å². The van der Waals surface area contributed by atoms with Crippen LogP contribution in [0.25, 0.3) is 0 Å². The van der Waals surface area contributed by atoms with Crippen molar-refractivity contribution in [3.05, 3.63) is 28.8 Å². The van der Waals surface area contributed by atoms with Gasteiger partial charge in [0, 0.05) is 16.8 Å². The van der Waals surface area contributed by atoms with Crippen LogP contribution in [0.5, 0.6) is 0 Å². The molecule has 0 saturated heterocycles. The number of halogens is 1. The van der Waals surface area contributed by atoms with E-state index in [1.165, 1.54) is 18.2 Å². The maximum atomic E-state index is 11.5. The largest absolute Gasteiger partial charge is 0.409 e. The van der Waals surface area contributed by atoms with Gasteiger partial charge in [-0.2, -0.15) is 0 Å². The number of sulfone groups is 1. The highest BCUT2D eigenvalue weighted by molar-refractivity contribution is 7.91. The smallest absolute Gasteiger partial charge is 0.239 e. The van der Waals surface area contributed by atoms with Crippen molar-refractivity contribution in [3.8, 4) is 0 Å². The van der Waals surface area contributed by atoms with E-state index in [0.717, 1.165) is 6.26 Å². The van der Waals surface area contributed by atoms with Gasteiger partial charge in [-0.3, -0.25) is 4.79 Å². The number of amides is 1. The van der Waals surface area contributed by atoms with Crippen LogP contribution in [0.1, 0.15) is 5.56 Å². The number of amidine groups is 1. The molecule has 1 aromatic carbocycles. The van der Waals surface area contributed by atoms with Crippen LogP contribution in [-0.2, 0) is 14.6 Å². The predicted octanol–water partition coefficient (Wildman–Crippen LogP) is 0.418. The molecule has 0 radical (unpaired) electrons. The summed E-state index contributed by atoms with van der Waals surface area (Å²) in [6.07, 6.45) is 0.939. The number of rotatable bonds is 4. The fourth-order valence-corrected chi connectivity index (χ4v) is 2.04. The number of nitrogens with one attached hydrogen (secondary N) is 1. The Hall–Kier alpha value is -1.80. The molecule has 19 heavy (non-hydrogen) atoms. The van der Waals surface area contributed by atoms with Gasteiger partial charge in [-0.05, 0) is 18.2 Å². The minimum atomic E-state index is -3.45. The number of anilines is 1. The van der Waals surface area contributed by atoms with E-state index in [1.807, 2.05) is 0 Å². The molecule has 1 amide bonds. The molecule has 104 valence electrons. The molecule has 1 aromatic rings. The van der Waals surface area contributed by atoms with Gasteiger partial charge < -0.3 is 16.3 Å². The van der Waals surface area contributed by atoms with Gasteiger partial charge in [0.1, 0.15) is 5.75 Å². The van der Waals surface area contributed by atoms with Gasteiger partial charge >= 0.3 is 0 Å². The van der Waals surface area contributed by atoms with Crippen LogP contribution in [0.3, 0.4) is 0 Å². The van der Waals surface area contributed by atoms with Gasteiger partial charge in [-0.15, -0.1) is 0 Å². The van der Waals surface area contributed by atoms with E-state index < -0.39 is 21.5 Å². The molecule has 0 aromatic heterocycles. The first-order valence-corrected chi connectivity index (χ1v) is 7.42. The normalized spacial score (nSPS) is 12.2. The molecule has 4 N–H and O–H groups in total. The predicted molar refractivity (Wildman–Crippen MR) is 72.3 cm³/mol. The number of benzene rings is 1. The Labute approximate surface area is 115 Å². The number of nitrogens with zero attached hydrogens (tertiary/aromatic N) is 1. The third-order valence-electron chi connectivity index (χ3n) is 2.03. The molecule has 7 nitrogen and oxygen atoms in total. The summed E-state index contributed by atoms with van der Waals surface area (Å²) in [7, 11) is -3.45. The highest BCUT2D eigenvalue weighted by Gasteiger charge is 2.14. The molecule has 0 heterocycles. The van der Waals surface area contributed by atoms with Crippen molar-refractivity contribution < 1.29 is 18.4 Å². The van der Waals surface area contributed by atoms with Gasteiger partial charge in [-0.25, -0.2) is 8.42 Å². The second-order valence-corrected chi connectivity index (χ2v) is 6.37. The van der Waals surface area contributed by atoms with Gasteiger partial charge in [0.05, 0.1) is 5.69 Å². The van der Waals surface area contributed by atoms with E-state index in [-0.39, 0.29) is 17.1 Å². The Balaban J connectivity index is 3.06. The third kappa shape index (κ3) is 4.76. The van der Waals surface area contributed by atoms with Crippen LogP contribution in [0.4, 0.5) is 5.69 Å². The molecule has 0 aliphatic carbocycles. The Morgan fingerprint density at radius 3 is 2.68 bits per heavy atom. The summed E-state index contributed by atoms with van der Waals surface area (Å²) in [6.45, 7) is 0. The van der Waals surface area contributed by atoms with Crippen LogP contribution >= 0.6 is 11.6 Å². The van der Waals surface area contributed by atoms with Crippen LogP contribution in [0, 0.1) is 0 Å². The minimum absolute atomic E-state index is 0.163. The summed E-state index contributed by atoms with van der Waals surface area (Å²) >= 11 is 5.77. The fourth-order valence-electron chi connectivity index (χ4n) is 1.32. The Bertz CT molecular complexity index is 628. The Morgan fingerprint density at radius 1 is 1.53 bits per heavy atom. The minimum Gasteiger partial charge on any atom is -0.409 e. The summed E-state index contributed by atoms with van der Waals surface area (Å²) in [5.41, 5.74) is 5.83. The summed E-state index contributed by atoms with van der Waals surface area (Å²) in [5, 5.41) is 14.1. The van der Waals surface area contributed by atoms with Crippen LogP contribution in [-0.4, -0.2) is 37.4 Å². The average Bonchev–Trinajstić information content (AvgIpc) is 2.25. The van der Waals surface area contributed by atoms with E-state index in [9.17, 15) is 13.2 Å². The lowest BCUT2D eigenvalue weighted by Gasteiger charge is -2.10. The van der Waals surface area contributed by atoms with Crippen molar-refractivity contribution in [2.75, 3.05) is 17.3 Å². The second kappa shape index (κ2) is 5.89. The van der Waals surface area contributed by atoms with Crippen molar-refractivity contribution in [1.29, 1.82) is 0 Å². The van der Waals surface area contributed by atoms with Gasteiger partial charge in [0.15, 0.2) is 15.7 Å². The Kier molecular flexibility index (Phi) is 4.73. The van der Waals surface area contributed by atoms with Crippen LogP contribution in [0.2, 0.25) is 5.02 Å². The topological polar surface area (TPSA) is 122 Å². The molecule has 0 atom stereocenters. The molecule has 0 fully saturated rings. The highest BCUT2D eigenvalue weighted by Crippen LogP contribution is 2.21. The first-order chi connectivity index (χ1) is 8.73. The first-order valence-electron chi connectivity index (χ1n) is 4.98. The van der Waals surface area contributed by atoms with Gasteiger partial charge in [-0.1, -0.05) is 16.8 Å². The molecule has 0 unspecified atom stereocenters. The number of carbonyl (C=O) groups excluding carboxylic acids is 1. The van der Waals surface area contributed by atoms with Crippen molar-refractivity contribution in [2.24, 2.45) is 10.9 Å². The summed E-state index contributed by atoms with van der Waals surface area (Å²) in [4.78, 5) is 11.5. The summed E-state index contributed by atoms with van der Waals surface area (Å²) in [5.74, 6) is -1.64. The average molecular weight is 306 g/mol.